The van der Waals surface area contributed by atoms with Gasteiger partial charge in [0.25, 0.3) is 0 Å². The van der Waals surface area contributed by atoms with Gasteiger partial charge < -0.3 is 15.5 Å². The molecule has 1 aromatic carbocycles. The molecule has 32 heavy (non-hydrogen) atoms. The average Bonchev–Trinajstić information content (AvgIpc) is 2.78. The van der Waals surface area contributed by atoms with Crippen LogP contribution in [0.4, 0.5) is 29.2 Å². The molecular formula is C21H15F4N5O2. The van der Waals surface area contributed by atoms with Gasteiger partial charge in [-0.3, -0.25) is 4.98 Å². The molecule has 0 fully saturated rings. The molecule has 0 aliphatic heterocycles. The summed E-state index contributed by atoms with van der Waals surface area (Å²) in [5.74, 6) is -0.216. The number of rotatable bonds is 5. The van der Waals surface area contributed by atoms with Crippen molar-refractivity contribution in [2.75, 3.05) is 11.9 Å². The molecule has 0 spiro atoms. The maximum Gasteiger partial charge on any atom is 0.417 e. The van der Waals surface area contributed by atoms with E-state index in [-0.39, 0.29) is 17.1 Å². The highest BCUT2D eigenvalue weighted by atomic mass is 19.4. The van der Waals surface area contributed by atoms with Crippen LogP contribution < -0.4 is 5.32 Å². The fourth-order valence-electron chi connectivity index (χ4n) is 3.01. The molecule has 7 nitrogen and oxygen atoms in total. The number of aliphatic hydroxyl groups is 2. The van der Waals surface area contributed by atoms with E-state index in [1.807, 2.05) is 0 Å². The Balaban J connectivity index is 1.64. The first-order valence-electron chi connectivity index (χ1n) is 9.26. The monoisotopic (exact) mass is 445 g/mol. The minimum absolute atomic E-state index is 0.0262. The van der Waals surface area contributed by atoms with E-state index in [1.165, 1.54) is 18.6 Å². The third kappa shape index (κ3) is 4.34. The van der Waals surface area contributed by atoms with Gasteiger partial charge in [0, 0.05) is 28.9 Å². The number of nitrogens with one attached hydrogen (secondary N) is 1. The van der Waals surface area contributed by atoms with Crippen molar-refractivity contribution in [2.45, 2.75) is 12.3 Å². The quantitative estimate of drug-likeness (QED) is 0.399. The van der Waals surface area contributed by atoms with Gasteiger partial charge in [0.1, 0.15) is 35.6 Å². The Morgan fingerprint density at radius 3 is 2.44 bits per heavy atom. The number of fused-ring (bicyclic) bond motifs is 1. The number of nitrogens with zero attached hydrogens (tertiary/aromatic N) is 4. The highest BCUT2D eigenvalue weighted by Gasteiger charge is 2.30. The van der Waals surface area contributed by atoms with E-state index in [2.05, 4.69) is 25.3 Å². The molecule has 1 unspecified atom stereocenters. The fourth-order valence-corrected chi connectivity index (χ4v) is 3.01. The lowest BCUT2D eigenvalue weighted by Gasteiger charge is -2.11. The number of alkyl halides is 3. The molecule has 0 radical (unpaired) electrons. The van der Waals surface area contributed by atoms with Gasteiger partial charge in [-0.05, 0) is 30.3 Å². The molecule has 3 aromatic heterocycles. The predicted molar refractivity (Wildman–Crippen MR) is 107 cm³/mol. The number of benzene rings is 1. The standard InChI is InChI=1S/C21H15F4N5O2/c22-15-5-12(17(32)9-31)7-27-19(15)11-1-3-14-16(6-11)28-10-29-20(14)30-18-4-2-13(8-26-18)21(23,24)25/h1-8,10,17,31-32H,9H2,(H,26,28,29,30). The third-order valence-corrected chi connectivity index (χ3v) is 4.67. The normalized spacial score (nSPS) is 12.7. The lowest BCUT2D eigenvalue weighted by Crippen LogP contribution is -2.06. The van der Waals surface area contributed by atoms with E-state index < -0.39 is 30.3 Å². The van der Waals surface area contributed by atoms with Crippen molar-refractivity contribution in [2.24, 2.45) is 0 Å². The zero-order valence-electron chi connectivity index (χ0n) is 16.2. The molecule has 0 saturated carbocycles. The first-order chi connectivity index (χ1) is 15.3. The SMILES string of the molecule is OCC(O)c1cnc(-c2ccc3c(Nc4ccc(C(F)(F)F)cn4)ncnc3c2)c(F)c1. The molecular weight excluding hydrogens is 430 g/mol. The van der Waals surface area contributed by atoms with Crippen molar-refractivity contribution >= 4 is 22.5 Å². The van der Waals surface area contributed by atoms with E-state index in [1.54, 1.807) is 18.2 Å². The Labute approximate surface area is 178 Å². The number of halogens is 4. The van der Waals surface area contributed by atoms with E-state index in [9.17, 15) is 22.7 Å². The molecule has 11 heteroatoms. The van der Waals surface area contributed by atoms with Crippen LogP contribution in [-0.2, 0) is 6.18 Å². The third-order valence-electron chi connectivity index (χ3n) is 4.67. The molecule has 3 N–H and O–H groups in total. The van der Waals surface area contributed by atoms with Crippen molar-refractivity contribution in [3.05, 3.63) is 72.1 Å². The van der Waals surface area contributed by atoms with Gasteiger partial charge in [0.15, 0.2) is 0 Å². The Kier molecular flexibility index (Phi) is 5.68. The summed E-state index contributed by atoms with van der Waals surface area (Å²) >= 11 is 0. The van der Waals surface area contributed by atoms with Crippen LogP contribution in [0.1, 0.15) is 17.2 Å². The first kappa shape index (κ1) is 21.5. The fraction of sp³-hybridized carbons (Fsp3) is 0.143. The second-order valence-electron chi connectivity index (χ2n) is 6.81. The molecule has 1 atom stereocenters. The van der Waals surface area contributed by atoms with Crippen LogP contribution in [-0.4, -0.2) is 36.8 Å². The number of pyridine rings is 2. The van der Waals surface area contributed by atoms with Crippen molar-refractivity contribution in [3.63, 3.8) is 0 Å². The first-order valence-corrected chi connectivity index (χ1v) is 9.26. The van der Waals surface area contributed by atoms with Gasteiger partial charge in [-0.1, -0.05) is 6.07 Å². The van der Waals surface area contributed by atoms with Crippen LogP contribution in [0.3, 0.4) is 0 Å². The number of aliphatic hydroxyl groups excluding tert-OH is 2. The maximum atomic E-state index is 14.5. The maximum absolute atomic E-state index is 14.5. The highest BCUT2D eigenvalue weighted by Crippen LogP contribution is 2.31. The van der Waals surface area contributed by atoms with Crippen LogP contribution in [0.15, 0.2) is 55.1 Å². The average molecular weight is 445 g/mol. The minimum Gasteiger partial charge on any atom is -0.393 e. The minimum atomic E-state index is -4.48. The molecule has 0 amide bonds. The summed E-state index contributed by atoms with van der Waals surface area (Å²) in [6.45, 7) is -0.559. The van der Waals surface area contributed by atoms with Crippen LogP contribution in [0.5, 0.6) is 0 Å². The van der Waals surface area contributed by atoms with Gasteiger partial charge in [-0.2, -0.15) is 13.2 Å². The lowest BCUT2D eigenvalue weighted by atomic mass is 10.1. The van der Waals surface area contributed by atoms with E-state index in [0.29, 0.717) is 22.3 Å². The number of hydrogen-bond donors (Lipinski definition) is 3. The Hall–Kier alpha value is -3.70. The summed E-state index contributed by atoms with van der Waals surface area (Å²) < 4.78 is 52.6. The van der Waals surface area contributed by atoms with Gasteiger partial charge in [0.05, 0.1) is 17.7 Å². The van der Waals surface area contributed by atoms with Crippen LogP contribution in [0.25, 0.3) is 22.2 Å². The summed E-state index contributed by atoms with van der Waals surface area (Å²) in [7, 11) is 0. The van der Waals surface area contributed by atoms with E-state index in [4.69, 9.17) is 5.11 Å². The number of anilines is 2. The molecule has 0 aliphatic carbocycles. The molecule has 0 saturated heterocycles. The van der Waals surface area contributed by atoms with Crippen LogP contribution in [0, 0.1) is 5.82 Å². The molecule has 4 rings (SSSR count). The smallest absolute Gasteiger partial charge is 0.393 e. The van der Waals surface area contributed by atoms with Crippen LogP contribution in [0.2, 0.25) is 0 Å². The zero-order chi connectivity index (χ0) is 22.9. The van der Waals surface area contributed by atoms with E-state index in [0.717, 1.165) is 18.3 Å². The predicted octanol–water partition coefficient (Wildman–Crippen LogP) is 4.01. The zero-order valence-corrected chi connectivity index (χ0v) is 16.2. The largest absolute Gasteiger partial charge is 0.417 e. The Morgan fingerprint density at radius 2 is 1.78 bits per heavy atom. The lowest BCUT2D eigenvalue weighted by molar-refractivity contribution is -0.137. The highest BCUT2D eigenvalue weighted by molar-refractivity contribution is 5.92. The van der Waals surface area contributed by atoms with E-state index >= 15 is 0 Å². The van der Waals surface area contributed by atoms with Gasteiger partial charge in [-0.15, -0.1) is 0 Å². The Morgan fingerprint density at radius 1 is 0.969 bits per heavy atom. The van der Waals surface area contributed by atoms with Gasteiger partial charge >= 0.3 is 6.18 Å². The molecule has 164 valence electrons. The van der Waals surface area contributed by atoms with Crippen molar-refractivity contribution in [1.82, 2.24) is 19.9 Å². The van der Waals surface area contributed by atoms with Gasteiger partial charge in [-0.25, -0.2) is 19.3 Å². The summed E-state index contributed by atoms with van der Waals surface area (Å²) in [5, 5.41) is 22.0. The topological polar surface area (TPSA) is 104 Å². The second-order valence-corrected chi connectivity index (χ2v) is 6.81. The summed E-state index contributed by atoms with van der Waals surface area (Å²) in [4.78, 5) is 16.1. The van der Waals surface area contributed by atoms with Gasteiger partial charge in [0.2, 0.25) is 0 Å². The number of hydrogen-bond acceptors (Lipinski definition) is 7. The molecule has 4 aromatic rings. The number of aromatic nitrogens is 4. The second kappa shape index (κ2) is 8.44. The summed E-state index contributed by atoms with van der Waals surface area (Å²) in [5.41, 5.74) is 0.155. The summed E-state index contributed by atoms with van der Waals surface area (Å²) in [6, 6.07) is 7.97. The summed E-state index contributed by atoms with van der Waals surface area (Å²) in [6.07, 6.45) is -2.48. The Bertz CT molecular complexity index is 1270. The molecule has 3 heterocycles. The molecule has 0 bridgehead atoms. The van der Waals surface area contributed by atoms with Crippen molar-refractivity contribution < 1.29 is 27.8 Å². The van der Waals surface area contributed by atoms with Crippen molar-refractivity contribution in [1.29, 1.82) is 0 Å². The van der Waals surface area contributed by atoms with Crippen LogP contribution >= 0.6 is 0 Å². The molecule has 0 aliphatic rings. The van der Waals surface area contributed by atoms with Crippen molar-refractivity contribution in [3.8, 4) is 11.3 Å².